The largest absolute Gasteiger partial charge is 0.487 e. The molecule has 0 N–H and O–H groups in total. The highest BCUT2D eigenvalue weighted by molar-refractivity contribution is 6.31. The molecule has 0 saturated carbocycles. The number of ether oxygens (including phenoxy) is 4. The van der Waals surface area contributed by atoms with Gasteiger partial charge in [0.2, 0.25) is 11.5 Å². The predicted molar refractivity (Wildman–Crippen MR) is 143 cm³/mol. The van der Waals surface area contributed by atoms with E-state index in [9.17, 15) is 18.4 Å². The van der Waals surface area contributed by atoms with Crippen molar-refractivity contribution >= 4 is 34.3 Å². The van der Waals surface area contributed by atoms with Crippen LogP contribution in [0.1, 0.15) is 25.0 Å². The van der Waals surface area contributed by atoms with Crippen LogP contribution in [0.2, 0.25) is 5.02 Å². The van der Waals surface area contributed by atoms with E-state index >= 15 is 0 Å². The second kappa shape index (κ2) is 12.6. The molecule has 0 aromatic heterocycles. The van der Waals surface area contributed by atoms with Crippen molar-refractivity contribution in [2.75, 3.05) is 13.2 Å². The van der Waals surface area contributed by atoms with Gasteiger partial charge in [-0.2, -0.15) is 0 Å². The molecule has 9 heteroatoms. The molecule has 0 unspecified atom stereocenters. The van der Waals surface area contributed by atoms with Crippen molar-refractivity contribution in [2.24, 2.45) is 0 Å². The topological polar surface area (TPSA) is 71.1 Å². The Morgan fingerprint density at radius 3 is 1.51 bits per heavy atom. The van der Waals surface area contributed by atoms with Crippen molar-refractivity contribution in [1.29, 1.82) is 0 Å². The summed E-state index contributed by atoms with van der Waals surface area (Å²) in [6.45, 7) is 3.84. The molecule has 0 atom stereocenters. The van der Waals surface area contributed by atoms with Crippen LogP contribution in [0.4, 0.5) is 8.78 Å². The van der Waals surface area contributed by atoms with E-state index in [0.29, 0.717) is 26.9 Å². The van der Waals surface area contributed by atoms with Gasteiger partial charge < -0.3 is 18.9 Å². The van der Waals surface area contributed by atoms with Gasteiger partial charge in [-0.3, -0.25) is 9.59 Å². The quantitative estimate of drug-likeness (QED) is 0.157. The molecule has 202 valence electrons. The summed E-state index contributed by atoms with van der Waals surface area (Å²) in [6.07, 6.45) is -0.258. The van der Waals surface area contributed by atoms with Crippen LogP contribution in [-0.2, 0) is 22.4 Å². The van der Waals surface area contributed by atoms with Crippen LogP contribution < -0.4 is 18.9 Å². The summed E-state index contributed by atoms with van der Waals surface area (Å²) >= 11 is 6.29. The number of carbonyl (C=O) groups excluding carboxylic acids is 2. The number of carbonyl (C=O) groups is 2. The Bertz CT molecular complexity index is 1490. The summed E-state index contributed by atoms with van der Waals surface area (Å²) in [5.74, 6) is -1.84. The Balaban J connectivity index is 1.77. The van der Waals surface area contributed by atoms with Crippen LogP contribution in [0, 0.1) is 11.6 Å². The lowest BCUT2D eigenvalue weighted by Crippen LogP contribution is -2.15. The Labute approximate surface area is 229 Å². The van der Waals surface area contributed by atoms with Crippen LogP contribution in [-0.4, -0.2) is 25.2 Å². The van der Waals surface area contributed by atoms with Gasteiger partial charge in [-0.1, -0.05) is 35.9 Å². The fourth-order valence-electron chi connectivity index (χ4n) is 3.94. The van der Waals surface area contributed by atoms with Crippen molar-refractivity contribution in [3.8, 4) is 23.0 Å². The molecular formula is C30H25ClF2O6. The number of halogens is 3. The van der Waals surface area contributed by atoms with Crippen molar-refractivity contribution in [1.82, 2.24) is 0 Å². The Hall–Kier alpha value is -4.17. The van der Waals surface area contributed by atoms with Crippen LogP contribution in [0.15, 0.2) is 66.7 Å². The van der Waals surface area contributed by atoms with Gasteiger partial charge in [-0.15, -0.1) is 0 Å². The molecule has 0 bridgehead atoms. The highest BCUT2D eigenvalue weighted by Crippen LogP contribution is 2.52. The van der Waals surface area contributed by atoms with Gasteiger partial charge in [0, 0.05) is 15.8 Å². The predicted octanol–water partition coefficient (Wildman–Crippen LogP) is 6.87. The van der Waals surface area contributed by atoms with Gasteiger partial charge in [0.05, 0.1) is 26.1 Å². The highest BCUT2D eigenvalue weighted by atomic mass is 35.5. The molecule has 0 amide bonds. The van der Waals surface area contributed by atoms with Crippen LogP contribution in [0.5, 0.6) is 23.0 Å². The SMILES string of the molecule is CCOc1c(OCC)c(OC(=O)Cc2ccc(F)cc2)c2cc(Cl)ccc2c1OC(=O)Cc1ccc(F)cc1. The molecule has 4 rings (SSSR count). The van der Waals surface area contributed by atoms with Gasteiger partial charge in [0.25, 0.3) is 0 Å². The number of rotatable bonds is 10. The molecule has 0 saturated heterocycles. The van der Waals surface area contributed by atoms with E-state index in [1.54, 1.807) is 32.0 Å². The maximum absolute atomic E-state index is 13.3. The molecule has 6 nitrogen and oxygen atoms in total. The third-order valence-corrected chi connectivity index (χ3v) is 5.86. The average molecular weight is 555 g/mol. The van der Waals surface area contributed by atoms with E-state index < -0.39 is 23.6 Å². The molecule has 0 aliphatic rings. The monoisotopic (exact) mass is 554 g/mol. The lowest BCUT2D eigenvalue weighted by molar-refractivity contribution is -0.134. The fraction of sp³-hybridized carbons (Fsp3) is 0.200. The van der Waals surface area contributed by atoms with Gasteiger partial charge in [-0.05, 0) is 67.4 Å². The summed E-state index contributed by atoms with van der Waals surface area (Å²) in [5.41, 5.74) is 1.11. The molecule has 0 spiro atoms. The summed E-state index contributed by atoms with van der Waals surface area (Å²) < 4.78 is 49.9. The number of hydrogen-bond donors (Lipinski definition) is 0. The van der Waals surface area contributed by atoms with Crippen LogP contribution in [0.25, 0.3) is 10.8 Å². The Morgan fingerprint density at radius 1 is 0.641 bits per heavy atom. The first-order chi connectivity index (χ1) is 18.8. The molecule has 0 radical (unpaired) electrons. The van der Waals surface area contributed by atoms with Crippen LogP contribution >= 0.6 is 11.6 Å². The Kier molecular flexibility index (Phi) is 8.99. The van der Waals surface area contributed by atoms with Crippen molar-refractivity contribution in [2.45, 2.75) is 26.7 Å². The van der Waals surface area contributed by atoms with Crippen molar-refractivity contribution in [3.05, 3.63) is 94.5 Å². The lowest BCUT2D eigenvalue weighted by atomic mass is 10.1. The van der Waals surface area contributed by atoms with Crippen LogP contribution in [0.3, 0.4) is 0 Å². The Morgan fingerprint density at radius 2 is 1.08 bits per heavy atom. The first-order valence-corrected chi connectivity index (χ1v) is 12.6. The zero-order valence-electron chi connectivity index (χ0n) is 21.3. The normalized spacial score (nSPS) is 10.8. The van der Waals surface area contributed by atoms with E-state index in [4.69, 9.17) is 30.5 Å². The van der Waals surface area contributed by atoms with Gasteiger partial charge in [-0.25, -0.2) is 8.78 Å². The zero-order chi connectivity index (χ0) is 27.9. The van der Waals surface area contributed by atoms with Gasteiger partial charge >= 0.3 is 11.9 Å². The molecule has 39 heavy (non-hydrogen) atoms. The fourth-order valence-corrected chi connectivity index (χ4v) is 4.12. The minimum absolute atomic E-state index is 0.0447. The van der Waals surface area contributed by atoms with Gasteiger partial charge in [0.15, 0.2) is 11.5 Å². The van der Waals surface area contributed by atoms with Crippen molar-refractivity contribution < 1.29 is 37.3 Å². The smallest absolute Gasteiger partial charge is 0.315 e. The van der Waals surface area contributed by atoms with Gasteiger partial charge in [0.1, 0.15) is 11.6 Å². The summed E-state index contributed by atoms with van der Waals surface area (Å²) in [4.78, 5) is 25.9. The standard InChI is InChI=1S/C30H25ClF2O6/c1-3-36-29-27(38-25(34)15-18-5-10-21(32)11-6-18)23-14-9-20(31)17-24(23)28(30(29)37-4-2)39-26(35)16-19-7-12-22(33)13-8-19/h5-14,17H,3-4,15-16H2,1-2H3. The number of fused-ring (bicyclic) bond motifs is 1. The molecule has 0 aliphatic heterocycles. The summed E-state index contributed by atoms with van der Waals surface area (Å²) in [5, 5.41) is 1.09. The third-order valence-electron chi connectivity index (χ3n) is 5.62. The molecule has 4 aromatic carbocycles. The summed E-state index contributed by atoms with van der Waals surface area (Å²) in [7, 11) is 0. The first kappa shape index (κ1) is 27.9. The third kappa shape index (κ3) is 6.83. The maximum Gasteiger partial charge on any atom is 0.315 e. The number of benzene rings is 4. The van der Waals surface area contributed by atoms with E-state index in [1.807, 2.05) is 0 Å². The van der Waals surface area contributed by atoms with E-state index in [2.05, 4.69) is 0 Å². The van der Waals surface area contributed by atoms with E-state index in [-0.39, 0.29) is 49.1 Å². The second-order valence-electron chi connectivity index (χ2n) is 8.43. The number of esters is 2. The van der Waals surface area contributed by atoms with E-state index in [0.717, 1.165) is 0 Å². The highest BCUT2D eigenvalue weighted by Gasteiger charge is 2.28. The van der Waals surface area contributed by atoms with Crippen molar-refractivity contribution in [3.63, 3.8) is 0 Å². The minimum atomic E-state index is -0.632. The lowest BCUT2D eigenvalue weighted by Gasteiger charge is -2.21. The first-order valence-electron chi connectivity index (χ1n) is 12.2. The molecular weight excluding hydrogens is 530 g/mol. The molecule has 0 fully saturated rings. The molecule has 0 heterocycles. The number of hydrogen-bond acceptors (Lipinski definition) is 6. The average Bonchev–Trinajstić information content (AvgIpc) is 2.90. The molecule has 4 aromatic rings. The minimum Gasteiger partial charge on any atom is -0.487 e. The van der Waals surface area contributed by atoms with E-state index in [1.165, 1.54) is 48.5 Å². The zero-order valence-corrected chi connectivity index (χ0v) is 22.0. The molecule has 0 aliphatic carbocycles. The maximum atomic E-state index is 13.3. The summed E-state index contributed by atoms with van der Waals surface area (Å²) in [6, 6.07) is 15.8. The second-order valence-corrected chi connectivity index (χ2v) is 8.86.